The maximum atomic E-state index is 12.9. The first kappa shape index (κ1) is 19.9. The molecular formula is C21H24N2O4S. The summed E-state index contributed by atoms with van der Waals surface area (Å²) in [7, 11) is 4.56. The van der Waals surface area contributed by atoms with Crippen LogP contribution in [0.15, 0.2) is 29.3 Å². The molecular weight excluding hydrogens is 376 g/mol. The van der Waals surface area contributed by atoms with Gasteiger partial charge in [-0.25, -0.2) is 0 Å². The van der Waals surface area contributed by atoms with Crippen LogP contribution in [0, 0.1) is 13.8 Å². The second-order valence-corrected chi connectivity index (χ2v) is 7.37. The summed E-state index contributed by atoms with van der Waals surface area (Å²) >= 11 is 1.52. The Kier molecular flexibility index (Phi) is 5.74. The van der Waals surface area contributed by atoms with E-state index in [-0.39, 0.29) is 5.91 Å². The van der Waals surface area contributed by atoms with Gasteiger partial charge in [0.2, 0.25) is 5.75 Å². The molecule has 1 heterocycles. The Bertz CT molecular complexity index is 1090. The number of aryl methyl sites for hydroxylation is 3. The van der Waals surface area contributed by atoms with E-state index in [1.54, 1.807) is 12.1 Å². The Labute approximate surface area is 168 Å². The lowest BCUT2D eigenvalue weighted by Gasteiger charge is -2.12. The number of carbonyl (C=O) groups excluding carboxylic acids is 1. The first-order chi connectivity index (χ1) is 13.4. The molecule has 1 aromatic heterocycles. The van der Waals surface area contributed by atoms with E-state index in [0.717, 1.165) is 16.8 Å². The van der Waals surface area contributed by atoms with Crippen LogP contribution in [0.5, 0.6) is 17.2 Å². The van der Waals surface area contributed by atoms with E-state index in [0.29, 0.717) is 27.6 Å². The molecule has 0 unspecified atom stereocenters. The molecule has 3 aromatic rings. The third kappa shape index (κ3) is 3.49. The summed E-state index contributed by atoms with van der Waals surface area (Å²) in [4.78, 5) is 18.0. The van der Waals surface area contributed by atoms with Gasteiger partial charge < -0.3 is 18.8 Å². The lowest BCUT2D eigenvalue weighted by atomic mass is 10.1. The van der Waals surface area contributed by atoms with Crippen molar-refractivity contribution in [1.82, 2.24) is 4.57 Å². The number of amides is 1. The van der Waals surface area contributed by atoms with Crippen molar-refractivity contribution in [2.45, 2.75) is 27.3 Å². The molecule has 0 fully saturated rings. The fourth-order valence-corrected chi connectivity index (χ4v) is 4.40. The number of nitrogens with zero attached hydrogens (tertiary/aromatic N) is 2. The molecule has 7 heteroatoms. The van der Waals surface area contributed by atoms with E-state index in [4.69, 9.17) is 14.2 Å². The monoisotopic (exact) mass is 400 g/mol. The van der Waals surface area contributed by atoms with Crippen molar-refractivity contribution >= 4 is 27.5 Å². The van der Waals surface area contributed by atoms with Crippen molar-refractivity contribution in [2.75, 3.05) is 21.3 Å². The number of aromatic nitrogens is 1. The zero-order valence-electron chi connectivity index (χ0n) is 17.0. The Morgan fingerprint density at radius 2 is 1.68 bits per heavy atom. The summed E-state index contributed by atoms with van der Waals surface area (Å²) in [5, 5.41) is 0. The Balaban J connectivity index is 2.17. The molecule has 6 nitrogen and oxygen atoms in total. The SMILES string of the molecule is CCn1c(=NC(=O)c2cc(OC)c(OC)c(OC)c2)sc2c(C)cc(C)cc21. The highest BCUT2D eigenvalue weighted by Crippen LogP contribution is 2.38. The number of fused-ring (bicyclic) bond motifs is 1. The van der Waals surface area contributed by atoms with Crippen molar-refractivity contribution in [3.05, 3.63) is 45.8 Å². The summed E-state index contributed by atoms with van der Waals surface area (Å²) in [5.74, 6) is 0.929. The smallest absolute Gasteiger partial charge is 0.279 e. The van der Waals surface area contributed by atoms with Gasteiger partial charge in [0.05, 0.1) is 31.5 Å². The fraction of sp³-hybridized carbons (Fsp3) is 0.333. The summed E-state index contributed by atoms with van der Waals surface area (Å²) in [6.07, 6.45) is 0. The number of ether oxygens (including phenoxy) is 3. The zero-order chi connectivity index (χ0) is 20.4. The van der Waals surface area contributed by atoms with Crippen molar-refractivity contribution in [3.63, 3.8) is 0 Å². The molecule has 28 heavy (non-hydrogen) atoms. The average molecular weight is 401 g/mol. The van der Waals surface area contributed by atoms with Crippen LogP contribution in [0.3, 0.4) is 0 Å². The normalized spacial score (nSPS) is 11.7. The van der Waals surface area contributed by atoms with Gasteiger partial charge >= 0.3 is 0 Å². The van der Waals surface area contributed by atoms with Gasteiger partial charge in [0, 0.05) is 12.1 Å². The largest absolute Gasteiger partial charge is 0.493 e. The molecule has 1 amide bonds. The van der Waals surface area contributed by atoms with Crippen LogP contribution >= 0.6 is 11.3 Å². The van der Waals surface area contributed by atoms with Gasteiger partial charge in [-0.15, -0.1) is 0 Å². The molecule has 0 bridgehead atoms. The summed E-state index contributed by atoms with van der Waals surface area (Å²) < 4.78 is 19.2. The molecule has 0 saturated carbocycles. The molecule has 2 aromatic carbocycles. The molecule has 0 aliphatic carbocycles. The fourth-order valence-electron chi connectivity index (χ4n) is 3.26. The molecule has 0 aliphatic rings. The standard InChI is InChI=1S/C21H24N2O4S/c1-7-23-15-9-12(2)8-13(3)19(15)28-21(23)22-20(24)14-10-16(25-4)18(27-6)17(11-14)26-5/h8-11H,7H2,1-6H3. The van der Waals surface area contributed by atoms with Gasteiger partial charge in [0.1, 0.15) is 0 Å². The summed E-state index contributed by atoms with van der Waals surface area (Å²) in [6.45, 7) is 6.93. The van der Waals surface area contributed by atoms with Crippen LogP contribution < -0.4 is 19.0 Å². The minimum atomic E-state index is -0.359. The van der Waals surface area contributed by atoms with Crippen LogP contribution in [0.2, 0.25) is 0 Å². The lowest BCUT2D eigenvalue weighted by Crippen LogP contribution is -2.16. The number of carbonyl (C=O) groups is 1. The van der Waals surface area contributed by atoms with Crippen LogP contribution in [0.1, 0.15) is 28.4 Å². The summed E-state index contributed by atoms with van der Waals surface area (Å²) in [6, 6.07) is 7.51. The van der Waals surface area contributed by atoms with Gasteiger partial charge in [-0.05, 0) is 50.1 Å². The number of hydrogen-bond donors (Lipinski definition) is 0. The van der Waals surface area contributed by atoms with Crippen LogP contribution in [0.4, 0.5) is 0 Å². The predicted octanol–water partition coefficient (Wildman–Crippen LogP) is 4.11. The van der Waals surface area contributed by atoms with Crippen molar-refractivity contribution < 1.29 is 19.0 Å². The number of rotatable bonds is 5. The van der Waals surface area contributed by atoms with Crippen LogP contribution in [-0.2, 0) is 6.54 Å². The highest BCUT2D eigenvalue weighted by molar-refractivity contribution is 7.16. The first-order valence-electron chi connectivity index (χ1n) is 8.93. The quantitative estimate of drug-likeness (QED) is 0.647. The molecule has 0 spiro atoms. The first-order valence-corrected chi connectivity index (χ1v) is 9.74. The van der Waals surface area contributed by atoms with Crippen LogP contribution in [0.25, 0.3) is 10.2 Å². The van der Waals surface area contributed by atoms with Gasteiger partial charge in [-0.1, -0.05) is 17.4 Å². The maximum absolute atomic E-state index is 12.9. The predicted molar refractivity (Wildman–Crippen MR) is 111 cm³/mol. The van der Waals surface area contributed by atoms with Gasteiger partial charge in [0.25, 0.3) is 5.91 Å². The van der Waals surface area contributed by atoms with E-state index >= 15 is 0 Å². The topological polar surface area (TPSA) is 62.1 Å². The second-order valence-electron chi connectivity index (χ2n) is 6.39. The third-order valence-electron chi connectivity index (χ3n) is 4.54. The van der Waals surface area contributed by atoms with Gasteiger partial charge in [-0.3, -0.25) is 4.79 Å². The van der Waals surface area contributed by atoms with E-state index in [2.05, 4.69) is 35.5 Å². The molecule has 0 atom stereocenters. The Morgan fingerprint density at radius 1 is 1.04 bits per heavy atom. The minimum Gasteiger partial charge on any atom is -0.493 e. The van der Waals surface area contributed by atoms with Crippen molar-refractivity contribution in [3.8, 4) is 17.2 Å². The van der Waals surface area contributed by atoms with Gasteiger partial charge in [0.15, 0.2) is 16.3 Å². The maximum Gasteiger partial charge on any atom is 0.279 e. The molecule has 0 radical (unpaired) electrons. The number of hydrogen-bond acceptors (Lipinski definition) is 5. The van der Waals surface area contributed by atoms with Crippen molar-refractivity contribution in [1.29, 1.82) is 0 Å². The minimum absolute atomic E-state index is 0.359. The number of benzene rings is 2. The van der Waals surface area contributed by atoms with E-state index in [1.807, 2.05) is 6.92 Å². The Hall–Kier alpha value is -2.80. The number of methoxy groups -OCH3 is 3. The van der Waals surface area contributed by atoms with Crippen molar-refractivity contribution in [2.24, 2.45) is 4.99 Å². The molecule has 0 saturated heterocycles. The third-order valence-corrected chi connectivity index (χ3v) is 5.77. The van der Waals surface area contributed by atoms with E-state index in [9.17, 15) is 4.79 Å². The Morgan fingerprint density at radius 3 is 2.21 bits per heavy atom. The lowest BCUT2D eigenvalue weighted by molar-refractivity contribution is 0.0997. The molecule has 3 rings (SSSR count). The van der Waals surface area contributed by atoms with E-state index < -0.39 is 0 Å². The second kappa shape index (κ2) is 8.06. The van der Waals surface area contributed by atoms with Gasteiger partial charge in [-0.2, -0.15) is 4.99 Å². The molecule has 0 aliphatic heterocycles. The molecule has 148 valence electrons. The highest BCUT2D eigenvalue weighted by atomic mass is 32.1. The van der Waals surface area contributed by atoms with E-state index in [1.165, 1.54) is 43.8 Å². The molecule has 0 N–H and O–H groups in total. The zero-order valence-corrected chi connectivity index (χ0v) is 17.8. The summed E-state index contributed by atoms with van der Waals surface area (Å²) in [5.41, 5.74) is 3.85. The highest BCUT2D eigenvalue weighted by Gasteiger charge is 2.17. The van der Waals surface area contributed by atoms with Crippen LogP contribution in [-0.4, -0.2) is 31.8 Å². The average Bonchev–Trinajstić information content (AvgIpc) is 3.03. The number of thiazole rings is 1.